The van der Waals surface area contributed by atoms with Crippen molar-refractivity contribution in [1.29, 1.82) is 0 Å². The van der Waals surface area contributed by atoms with Crippen molar-refractivity contribution >= 4 is 32.8 Å². The van der Waals surface area contributed by atoms with Crippen molar-refractivity contribution in [3.63, 3.8) is 0 Å². The zero-order valence-electron chi connectivity index (χ0n) is 7.37. The number of halogens is 1. The Morgan fingerprint density at radius 1 is 1.64 bits per heavy atom. The average molecular weight is 255 g/mol. The second kappa shape index (κ2) is 3.42. The highest BCUT2D eigenvalue weighted by Crippen LogP contribution is 2.24. The molecule has 2 aromatic rings. The number of pyridine rings is 1. The summed E-state index contributed by atoms with van der Waals surface area (Å²) in [5, 5.41) is 0.917. The maximum atomic E-state index is 11.3. The predicted molar refractivity (Wildman–Crippen MR) is 55.1 cm³/mol. The van der Waals surface area contributed by atoms with E-state index in [0.717, 1.165) is 9.86 Å². The molecular formula is C9H7BrN2O2. The van der Waals surface area contributed by atoms with Gasteiger partial charge in [-0.1, -0.05) is 0 Å². The summed E-state index contributed by atoms with van der Waals surface area (Å²) in [6.45, 7) is 0. The van der Waals surface area contributed by atoms with E-state index in [2.05, 4.69) is 30.6 Å². The second-order valence-corrected chi connectivity index (χ2v) is 3.56. The lowest BCUT2D eigenvalue weighted by molar-refractivity contribution is 0.0596. The number of carbonyl (C=O) groups is 1. The number of aromatic nitrogens is 2. The third-order valence-corrected chi connectivity index (χ3v) is 2.59. The number of carbonyl (C=O) groups excluding carboxylic acids is 1. The lowest BCUT2D eigenvalue weighted by Gasteiger charge is -1.99. The summed E-state index contributed by atoms with van der Waals surface area (Å²) in [5.41, 5.74) is 0.988. The number of fused-ring (bicyclic) bond motifs is 1. The topological polar surface area (TPSA) is 55.0 Å². The Labute approximate surface area is 88.4 Å². The Kier molecular flexibility index (Phi) is 2.25. The molecule has 0 aliphatic rings. The zero-order chi connectivity index (χ0) is 10.1. The van der Waals surface area contributed by atoms with Gasteiger partial charge < -0.3 is 9.72 Å². The van der Waals surface area contributed by atoms with Gasteiger partial charge in [-0.25, -0.2) is 9.78 Å². The predicted octanol–water partition coefficient (Wildman–Crippen LogP) is 2.11. The maximum Gasteiger partial charge on any atom is 0.358 e. The van der Waals surface area contributed by atoms with Gasteiger partial charge in [-0.05, 0) is 22.0 Å². The highest BCUT2D eigenvalue weighted by atomic mass is 79.9. The number of esters is 1. The van der Waals surface area contributed by atoms with E-state index >= 15 is 0 Å². The molecule has 2 heterocycles. The molecule has 0 aliphatic heterocycles. The minimum absolute atomic E-state index is 0.302. The third-order valence-electron chi connectivity index (χ3n) is 1.93. The monoisotopic (exact) mass is 254 g/mol. The van der Waals surface area contributed by atoms with Crippen LogP contribution in [0.1, 0.15) is 10.5 Å². The Balaban J connectivity index is 2.71. The highest BCUT2D eigenvalue weighted by molar-refractivity contribution is 9.10. The quantitative estimate of drug-likeness (QED) is 0.794. The van der Waals surface area contributed by atoms with Crippen LogP contribution in [0, 0.1) is 0 Å². The number of aromatic amines is 1. The van der Waals surface area contributed by atoms with E-state index in [-0.39, 0.29) is 0 Å². The summed E-state index contributed by atoms with van der Waals surface area (Å²) in [6, 6.07) is 1.82. The van der Waals surface area contributed by atoms with Gasteiger partial charge in [0.05, 0.1) is 12.6 Å². The number of ether oxygens (including phenoxy) is 1. The summed E-state index contributed by atoms with van der Waals surface area (Å²) < 4.78 is 5.52. The lowest BCUT2D eigenvalue weighted by atomic mass is 10.2. The molecule has 4 nitrogen and oxygen atoms in total. The Bertz CT molecular complexity index is 493. The van der Waals surface area contributed by atoms with E-state index < -0.39 is 5.97 Å². The highest BCUT2D eigenvalue weighted by Gasteiger charge is 2.13. The van der Waals surface area contributed by atoms with Crippen molar-refractivity contribution in [2.24, 2.45) is 0 Å². The summed E-state index contributed by atoms with van der Waals surface area (Å²) in [7, 11) is 1.33. The van der Waals surface area contributed by atoms with Crippen molar-refractivity contribution in [1.82, 2.24) is 9.97 Å². The van der Waals surface area contributed by atoms with Crippen LogP contribution >= 0.6 is 15.9 Å². The molecule has 72 valence electrons. The number of nitrogens with one attached hydrogen (secondary N) is 1. The molecule has 0 spiro atoms. The molecule has 1 N–H and O–H groups in total. The first kappa shape index (κ1) is 9.21. The van der Waals surface area contributed by atoms with Gasteiger partial charge in [0.15, 0.2) is 5.69 Å². The van der Waals surface area contributed by atoms with Gasteiger partial charge in [-0.15, -0.1) is 0 Å². The van der Waals surface area contributed by atoms with Crippen LogP contribution in [-0.2, 0) is 4.74 Å². The molecule has 0 bridgehead atoms. The molecule has 0 radical (unpaired) electrons. The number of nitrogens with zero attached hydrogens (tertiary/aromatic N) is 1. The first-order valence-corrected chi connectivity index (χ1v) is 4.73. The fourth-order valence-corrected chi connectivity index (χ4v) is 1.72. The first-order chi connectivity index (χ1) is 6.74. The van der Waals surface area contributed by atoms with Crippen LogP contribution in [0.4, 0.5) is 0 Å². The molecule has 2 aromatic heterocycles. The minimum Gasteiger partial charge on any atom is -0.464 e. The van der Waals surface area contributed by atoms with Gasteiger partial charge in [0.2, 0.25) is 0 Å². The SMILES string of the molecule is COC(=O)c1nccc2c(Br)c[nH]c12. The van der Waals surface area contributed by atoms with E-state index in [1.54, 1.807) is 12.4 Å². The molecule has 0 unspecified atom stereocenters. The van der Waals surface area contributed by atoms with Gasteiger partial charge in [-0.2, -0.15) is 0 Å². The van der Waals surface area contributed by atoms with Crippen LogP contribution in [0.2, 0.25) is 0 Å². The summed E-state index contributed by atoms with van der Waals surface area (Å²) in [6.07, 6.45) is 3.34. The van der Waals surface area contributed by atoms with Crippen LogP contribution in [0.15, 0.2) is 22.9 Å². The molecule has 0 atom stereocenters. The van der Waals surface area contributed by atoms with Crippen LogP contribution in [0.5, 0.6) is 0 Å². The van der Waals surface area contributed by atoms with E-state index in [1.807, 2.05) is 6.07 Å². The number of hydrogen-bond donors (Lipinski definition) is 1. The molecule has 14 heavy (non-hydrogen) atoms. The molecular weight excluding hydrogens is 248 g/mol. The maximum absolute atomic E-state index is 11.3. The van der Waals surface area contributed by atoms with Crippen LogP contribution in [0.3, 0.4) is 0 Å². The van der Waals surface area contributed by atoms with Crippen LogP contribution < -0.4 is 0 Å². The number of hydrogen-bond acceptors (Lipinski definition) is 3. The fourth-order valence-electron chi connectivity index (χ4n) is 1.27. The first-order valence-electron chi connectivity index (χ1n) is 3.94. The summed E-state index contributed by atoms with van der Waals surface area (Å²) in [4.78, 5) is 18.2. The van der Waals surface area contributed by atoms with Crippen LogP contribution in [-0.4, -0.2) is 23.0 Å². The molecule has 0 aromatic carbocycles. The van der Waals surface area contributed by atoms with Gasteiger partial charge >= 0.3 is 5.97 Å². The summed E-state index contributed by atoms with van der Waals surface area (Å²) in [5.74, 6) is -0.440. The van der Waals surface area contributed by atoms with Crippen molar-refractivity contribution in [3.05, 3.63) is 28.6 Å². The minimum atomic E-state index is -0.440. The fraction of sp³-hybridized carbons (Fsp3) is 0.111. The van der Waals surface area contributed by atoms with Crippen molar-refractivity contribution in [2.75, 3.05) is 7.11 Å². The molecule has 0 amide bonds. The van der Waals surface area contributed by atoms with Gasteiger partial charge in [0, 0.05) is 22.3 Å². The number of rotatable bonds is 1. The normalized spacial score (nSPS) is 10.4. The number of H-pyrrole nitrogens is 1. The van der Waals surface area contributed by atoms with Gasteiger partial charge in [-0.3, -0.25) is 0 Å². The Morgan fingerprint density at radius 3 is 3.14 bits per heavy atom. The Morgan fingerprint density at radius 2 is 2.43 bits per heavy atom. The van der Waals surface area contributed by atoms with Crippen molar-refractivity contribution in [2.45, 2.75) is 0 Å². The van der Waals surface area contributed by atoms with Crippen LogP contribution in [0.25, 0.3) is 10.9 Å². The van der Waals surface area contributed by atoms with Gasteiger partial charge in [0.1, 0.15) is 0 Å². The van der Waals surface area contributed by atoms with E-state index in [4.69, 9.17) is 0 Å². The van der Waals surface area contributed by atoms with Crippen molar-refractivity contribution in [3.8, 4) is 0 Å². The van der Waals surface area contributed by atoms with Gasteiger partial charge in [0.25, 0.3) is 0 Å². The second-order valence-electron chi connectivity index (χ2n) is 2.71. The largest absolute Gasteiger partial charge is 0.464 e. The zero-order valence-corrected chi connectivity index (χ0v) is 8.96. The molecule has 0 fully saturated rings. The average Bonchev–Trinajstić information content (AvgIpc) is 2.59. The van der Waals surface area contributed by atoms with E-state index in [9.17, 15) is 4.79 Å². The Hall–Kier alpha value is -1.36. The molecule has 5 heteroatoms. The lowest BCUT2D eigenvalue weighted by Crippen LogP contribution is -2.04. The van der Waals surface area contributed by atoms with Crippen molar-refractivity contribution < 1.29 is 9.53 Å². The third kappa shape index (κ3) is 1.29. The smallest absolute Gasteiger partial charge is 0.358 e. The molecule has 0 aliphatic carbocycles. The van der Waals surface area contributed by atoms with E-state index in [0.29, 0.717) is 11.2 Å². The standard InChI is InChI=1S/C9H7BrN2O2/c1-14-9(13)8-7-5(2-3-11-8)6(10)4-12-7/h2-4,12H,1H3. The molecule has 0 saturated carbocycles. The number of methoxy groups -OCH3 is 1. The molecule has 2 rings (SSSR count). The summed E-state index contributed by atoms with van der Waals surface area (Å²) >= 11 is 3.36. The van der Waals surface area contributed by atoms with E-state index in [1.165, 1.54) is 7.11 Å². The molecule has 0 saturated heterocycles.